The van der Waals surface area contributed by atoms with Gasteiger partial charge in [-0.3, -0.25) is 0 Å². The second-order valence-electron chi connectivity index (χ2n) is 4.69. The SMILES string of the molecule is Nc1ccc(CN2CCc3cc(Br)ccc32)cc1. The summed E-state index contributed by atoms with van der Waals surface area (Å²) in [7, 11) is 0. The van der Waals surface area contributed by atoms with Crippen molar-refractivity contribution in [1.29, 1.82) is 0 Å². The van der Waals surface area contributed by atoms with Crippen molar-refractivity contribution in [2.24, 2.45) is 0 Å². The van der Waals surface area contributed by atoms with Crippen LogP contribution in [0.3, 0.4) is 0 Å². The van der Waals surface area contributed by atoms with Crippen LogP contribution < -0.4 is 10.6 Å². The number of rotatable bonds is 2. The van der Waals surface area contributed by atoms with Gasteiger partial charge in [0.2, 0.25) is 0 Å². The van der Waals surface area contributed by atoms with E-state index in [1.807, 2.05) is 12.1 Å². The maximum absolute atomic E-state index is 5.71. The molecule has 3 rings (SSSR count). The minimum absolute atomic E-state index is 0.824. The van der Waals surface area contributed by atoms with Gasteiger partial charge in [-0.25, -0.2) is 0 Å². The van der Waals surface area contributed by atoms with Gasteiger partial charge in [-0.1, -0.05) is 28.1 Å². The van der Waals surface area contributed by atoms with Gasteiger partial charge in [-0.05, 0) is 47.9 Å². The number of halogens is 1. The molecule has 0 fully saturated rings. The van der Waals surface area contributed by atoms with E-state index in [0.717, 1.165) is 29.7 Å². The topological polar surface area (TPSA) is 29.3 Å². The summed E-state index contributed by atoms with van der Waals surface area (Å²) in [6.45, 7) is 2.05. The number of hydrogen-bond donors (Lipinski definition) is 1. The molecule has 0 spiro atoms. The lowest BCUT2D eigenvalue weighted by molar-refractivity contribution is 0.836. The van der Waals surface area contributed by atoms with Crippen LogP contribution in [0.4, 0.5) is 11.4 Å². The van der Waals surface area contributed by atoms with Crippen molar-refractivity contribution in [2.75, 3.05) is 17.2 Å². The Hall–Kier alpha value is -1.48. The number of benzene rings is 2. The predicted molar refractivity (Wildman–Crippen MR) is 79.8 cm³/mol. The van der Waals surface area contributed by atoms with Crippen LogP contribution in [0.2, 0.25) is 0 Å². The Labute approximate surface area is 116 Å². The monoisotopic (exact) mass is 302 g/mol. The third-order valence-electron chi connectivity index (χ3n) is 3.39. The zero-order valence-electron chi connectivity index (χ0n) is 10.1. The van der Waals surface area contributed by atoms with Crippen molar-refractivity contribution >= 4 is 27.3 Å². The molecule has 2 aromatic carbocycles. The minimum atomic E-state index is 0.824. The highest BCUT2D eigenvalue weighted by Crippen LogP contribution is 2.31. The number of nitrogens with two attached hydrogens (primary N) is 1. The predicted octanol–water partition coefficient (Wildman–Crippen LogP) is 3.59. The maximum atomic E-state index is 5.71. The molecule has 0 atom stereocenters. The lowest BCUT2D eigenvalue weighted by Gasteiger charge is -2.19. The van der Waals surface area contributed by atoms with Gasteiger partial charge >= 0.3 is 0 Å². The molecule has 0 unspecified atom stereocenters. The summed E-state index contributed by atoms with van der Waals surface area (Å²) in [4.78, 5) is 2.42. The fourth-order valence-electron chi connectivity index (χ4n) is 2.45. The number of nitrogen functional groups attached to an aromatic ring is 1. The Morgan fingerprint density at radius 3 is 2.67 bits per heavy atom. The van der Waals surface area contributed by atoms with E-state index in [1.54, 1.807) is 0 Å². The zero-order valence-corrected chi connectivity index (χ0v) is 11.7. The molecule has 2 N–H and O–H groups in total. The number of anilines is 2. The molecular formula is C15H15BrN2. The molecule has 0 saturated carbocycles. The average Bonchev–Trinajstić information content (AvgIpc) is 2.74. The van der Waals surface area contributed by atoms with Gasteiger partial charge in [-0.2, -0.15) is 0 Å². The van der Waals surface area contributed by atoms with E-state index < -0.39 is 0 Å². The molecule has 2 nitrogen and oxygen atoms in total. The normalized spacial score (nSPS) is 13.7. The standard InChI is InChI=1S/C15H15BrN2/c16-13-3-6-15-12(9-13)7-8-18(15)10-11-1-4-14(17)5-2-11/h1-6,9H,7-8,10,17H2. The number of fused-ring (bicyclic) bond motifs is 1. The van der Waals surface area contributed by atoms with Crippen LogP contribution in [0.25, 0.3) is 0 Å². The Morgan fingerprint density at radius 1 is 1.11 bits per heavy atom. The Kier molecular flexibility index (Phi) is 3.00. The summed E-state index contributed by atoms with van der Waals surface area (Å²) >= 11 is 3.53. The molecule has 1 heterocycles. The fraction of sp³-hybridized carbons (Fsp3) is 0.200. The summed E-state index contributed by atoms with van der Waals surface area (Å²) in [5.74, 6) is 0. The highest BCUT2D eigenvalue weighted by atomic mass is 79.9. The Bertz CT molecular complexity index is 563. The summed E-state index contributed by atoms with van der Waals surface area (Å²) < 4.78 is 1.16. The first kappa shape index (κ1) is 11.6. The molecule has 1 aliphatic rings. The van der Waals surface area contributed by atoms with Crippen LogP contribution in [0.15, 0.2) is 46.9 Å². The highest BCUT2D eigenvalue weighted by Gasteiger charge is 2.18. The largest absolute Gasteiger partial charge is 0.399 e. The van der Waals surface area contributed by atoms with E-state index in [9.17, 15) is 0 Å². The molecule has 0 amide bonds. The Morgan fingerprint density at radius 2 is 1.89 bits per heavy atom. The third-order valence-corrected chi connectivity index (χ3v) is 3.88. The van der Waals surface area contributed by atoms with E-state index in [0.29, 0.717) is 0 Å². The van der Waals surface area contributed by atoms with Gasteiger partial charge in [0.15, 0.2) is 0 Å². The van der Waals surface area contributed by atoms with Gasteiger partial charge in [-0.15, -0.1) is 0 Å². The van der Waals surface area contributed by atoms with E-state index >= 15 is 0 Å². The molecule has 0 aromatic heterocycles. The van der Waals surface area contributed by atoms with Gasteiger partial charge in [0.25, 0.3) is 0 Å². The lowest BCUT2D eigenvalue weighted by atomic mass is 10.1. The first-order chi connectivity index (χ1) is 8.72. The molecule has 92 valence electrons. The van der Waals surface area contributed by atoms with Gasteiger partial charge in [0, 0.05) is 28.9 Å². The van der Waals surface area contributed by atoms with Crippen molar-refractivity contribution in [2.45, 2.75) is 13.0 Å². The smallest absolute Gasteiger partial charge is 0.0429 e. The highest BCUT2D eigenvalue weighted by molar-refractivity contribution is 9.10. The third kappa shape index (κ3) is 2.23. The minimum Gasteiger partial charge on any atom is -0.399 e. The first-order valence-electron chi connectivity index (χ1n) is 6.10. The van der Waals surface area contributed by atoms with Crippen LogP contribution in [0.1, 0.15) is 11.1 Å². The molecule has 18 heavy (non-hydrogen) atoms. The molecular weight excluding hydrogens is 288 g/mol. The molecule has 0 bridgehead atoms. The van der Waals surface area contributed by atoms with Crippen LogP contribution in [0.5, 0.6) is 0 Å². The summed E-state index contributed by atoms with van der Waals surface area (Å²) in [6.07, 6.45) is 1.13. The number of hydrogen-bond acceptors (Lipinski definition) is 2. The van der Waals surface area contributed by atoms with Crippen LogP contribution >= 0.6 is 15.9 Å². The second-order valence-corrected chi connectivity index (χ2v) is 5.60. The molecule has 3 heteroatoms. The van der Waals surface area contributed by atoms with Crippen LogP contribution in [-0.2, 0) is 13.0 Å². The van der Waals surface area contributed by atoms with Gasteiger partial charge in [0.05, 0.1) is 0 Å². The Balaban J connectivity index is 1.82. The molecule has 1 aliphatic heterocycles. The van der Waals surface area contributed by atoms with Crippen molar-refractivity contribution in [3.63, 3.8) is 0 Å². The summed E-state index contributed by atoms with van der Waals surface area (Å²) in [6, 6.07) is 14.7. The molecule has 0 saturated heterocycles. The van der Waals surface area contributed by atoms with Crippen molar-refractivity contribution < 1.29 is 0 Å². The van der Waals surface area contributed by atoms with Crippen molar-refractivity contribution in [3.8, 4) is 0 Å². The maximum Gasteiger partial charge on any atom is 0.0429 e. The van der Waals surface area contributed by atoms with Crippen molar-refractivity contribution in [3.05, 3.63) is 58.1 Å². The molecule has 0 radical (unpaired) electrons. The zero-order chi connectivity index (χ0) is 12.5. The molecule has 2 aromatic rings. The van der Waals surface area contributed by atoms with E-state index in [4.69, 9.17) is 5.73 Å². The average molecular weight is 303 g/mol. The van der Waals surface area contributed by atoms with E-state index in [1.165, 1.54) is 16.8 Å². The van der Waals surface area contributed by atoms with Crippen LogP contribution in [0, 0.1) is 0 Å². The summed E-state index contributed by atoms with van der Waals surface area (Å²) in [5.41, 5.74) is 10.6. The number of nitrogens with zero attached hydrogens (tertiary/aromatic N) is 1. The summed E-state index contributed by atoms with van der Waals surface area (Å²) in [5, 5.41) is 0. The molecule has 0 aliphatic carbocycles. The van der Waals surface area contributed by atoms with Gasteiger partial charge in [0.1, 0.15) is 0 Å². The van der Waals surface area contributed by atoms with E-state index in [-0.39, 0.29) is 0 Å². The van der Waals surface area contributed by atoms with Crippen molar-refractivity contribution in [1.82, 2.24) is 0 Å². The van der Waals surface area contributed by atoms with Gasteiger partial charge < -0.3 is 10.6 Å². The fourth-order valence-corrected chi connectivity index (χ4v) is 2.85. The second kappa shape index (κ2) is 4.65. The van der Waals surface area contributed by atoms with E-state index in [2.05, 4.69) is 51.2 Å². The quantitative estimate of drug-likeness (QED) is 0.859. The lowest BCUT2D eigenvalue weighted by Crippen LogP contribution is -2.19. The van der Waals surface area contributed by atoms with Crippen LogP contribution in [-0.4, -0.2) is 6.54 Å². The first-order valence-corrected chi connectivity index (χ1v) is 6.89.